The number of fused-ring (bicyclic) bond motifs is 2. The van der Waals surface area contributed by atoms with Gasteiger partial charge in [0.2, 0.25) is 0 Å². The molecule has 0 bridgehead atoms. The molecule has 0 radical (unpaired) electrons. The summed E-state index contributed by atoms with van der Waals surface area (Å²) in [4.78, 5) is 29.3. The Morgan fingerprint density at radius 1 is 0.950 bits per heavy atom. The molecular weight excluding hydrogens is 502 g/mol. The van der Waals surface area contributed by atoms with Crippen molar-refractivity contribution in [1.82, 2.24) is 14.8 Å². The first kappa shape index (κ1) is 26.1. The summed E-state index contributed by atoms with van der Waals surface area (Å²) in [6.07, 6.45) is 3.26. The number of phenolic OH excluding ortho intramolecular Hbond substituents is 1. The van der Waals surface area contributed by atoms with Gasteiger partial charge in [-0.1, -0.05) is 24.6 Å². The van der Waals surface area contributed by atoms with Crippen LogP contribution < -0.4 is 5.32 Å². The average molecular weight is 538 g/mol. The van der Waals surface area contributed by atoms with Gasteiger partial charge in [-0.05, 0) is 111 Å². The van der Waals surface area contributed by atoms with Gasteiger partial charge in [-0.3, -0.25) is 9.69 Å². The normalized spacial score (nSPS) is 15.7. The van der Waals surface area contributed by atoms with Crippen molar-refractivity contribution < 1.29 is 19.4 Å². The van der Waals surface area contributed by atoms with Crippen molar-refractivity contribution in [1.29, 1.82) is 0 Å². The molecule has 40 heavy (non-hydrogen) atoms. The maximum atomic E-state index is 13.7. The van der Waals surface area contributed by atoms with Crippen LogP contribution in [-0.2, 0) is 17.8 Å². The molecule has 1 amide bonds. The molecule has 2 aliphatic heterocycles. The molecule has 1 aromatic heterocycles. The number of aromatic hydroxyl groups is 1. The number of carbonyl (C=O) groups excluding carboxylic acids is 2. The standard InChI is InChI=1S/C33H35N3O4/c1-33(2,3)40-32(39)36-28-12-7-21(20-35-13-5-4-6-14-35)15-24(28)18-29(36)27-17-23(22-8-10-26(37)11-9-22)16-25-19-34-31(38)30(25)27/h7-12,15-18,37H,4-6,13-14,19-20H2,1-3H3,(H,34,38). The smallest absolute Gasteiger partial charge is 0.419 e. The zero-order valence-corrected chi connectivity index (χ0v) is 23.3. The first-order valence-electron chi connectivity index (χ1n) is 14.0. The number of amides is 1. The lowest BCUT2D eigenvalue weighted by Gasteiger charge is -2.26. The van der Waals surface area contributed by atoms with Crippen molar-refractivity contribution in [3.8, 4) is 28.1 Å². The fourth-order valence-electron chi connectivity index (χ4n) is 5.84. The first-order chi connectivity index (χ1) is 19.2. The van der Waals surface area contributed by atoms with Gasteiger partial charge in [0, 0.05) is 24.0 Å². The van der Waals surface area contributed by atoms with Crippen LogP contribution in [0.4, 0.5) is 4.79 Å². The summed E-state index contributed by atoms with van der Waals surface area (Å²) in [6, 6.07) is 19.2. The van der Waals surface area contributed by atoms with Gasteiger partial charge in [-0.2, -0.15) is 0 Å². The zero-order chi connectivity index (χ0) is 28.0. The third-order valence-corrected chi connectivity index (χ3v) is 7.66. The maximum absolute atomic E-state index is 13.7. The number of piperidine rings is 1. The summed E-state index contributed by atoms with van der Waals surface area (Å²) in [7, 11) is 0. The van der Waals surface area contributed by atoms with Gasteiger partial charge in [-0.25, -0.2) is 9.36 Å². The van der Waals surface area contributed by atoms with Crippen LogP contribution in [0.15, 0.2) is 60.7 Å². The predicted molar refractivity (Wildman–Crippen MR) is 156 cm³/mol. The summed E-state index contributed by atoms with van der Waals surface area (Å²) in [5.41, 5.74) is 5.80. The van der Waals surface area contributed by atoms with Gasteiger partial charge in [0.05, 0.1) is 16.8 Å². The Balaban J connectivity index is 1.53. The van der Waals surface area contributed by atoms with Crippen LogP contribution in [0.2, 0.25) is 0 Å². The minimum Gasteiger partial charge on any atom is -0.508 e. The van der Waals surface area contributed by atoms with Gasteiger partial charge in [-0.15, -0.1) is 0 Å². The van der Waals surface area contributed by atoms with Crippen molar-refractivity contribution in [3.63, 3.8) is 0 Å². The van der Waals surface area contributed by atoms with Crippen molar-refractivity contribution in [2.75, 3.05) is 13.1 Å². The van der Waals surface area contributed by atoms with Crippen LogP contribution in [-0.4, -0.2) is 45.3 Å². The third-order valence-electron chi connectivity index (χ3n) is 7.66. The van der Waals surface area contributed by atoms with Crippen LogP contribution in [0.5, 0.6) is 5.75 Å². The molecule has 0 saturated carbocycles. The fraction of sp³-hybridized carbons (Fsp3) is 0.333. The van der Waals surface area contributed by atoms with Gasteiger partial charge in [0.1, 0.15) is 11.4 Å². The maximum Gasteiger partial charge on any atom is 0.419 e. The summed E-state index contributed by atoms with van der Waals surface area (Å²) in [5, 5.41) is 13.7. The van der Waals surface area contributed by atoms with E-state index in [1.165, 1.54) is 24.8 Å². The Labute approximate surface area is 234 Å². The van der Waals surface area contributed by atoms with Gasteiger partial charge < -0.3 is 15.2 Å². The number of nitrogens with one attached hydrogen (secondary N) is 1. The van der Waals surface area contributed by atoms with E-state index in [9.17, 15) is 14.7 Å². The Kier molecular flexibility index (Phi) is 6.62. The summed E-state index contributed by atoms with van der Waals surface area (Å²) >= 11 is 0. The van der Waals surface area contributed by atoms with E-state index < -0.39 is 11.7 Å². The molecule has 3 aromatic carbocycles. The number of ether oxygens (including phenoxy) is 1. The molecule has 206 valence electrons. The van der Waals surface area contributed by atoms with E-state index in [1.54, 1.807) is 16.7 Å². The summed E-state index contributed by atoms with van der Waals surface area (Å²) in [6.45, 7) is 9.05. The highest BCUT2D eigenvalue weighted by atomic mass is 16.6. The summed E-state index contributed by atoms with van der Waals surface area (Å²) < 4.78 is 7.47. The largest absolute Gasteiger partial charge is 0.508 e. The third kappa shape index (κ3) is 5.09. The van der Waals surface area contributed by atoms with E-state index in [1.807, 2.05) is 57.2 Å². The number of likely N-dealkylation sites (tertiary alicyclic amines) is 1. The lowest BCUT2D eigenvalue weighted by atomic mass is 9.93. The Bertz CT molecular complexity index is 1610. The second-order valence-electron chi connectivity index (χ2n) is 11.9. The van der Waals surface area contributed by atoms with Crippen molar-refractivity contribution in [2.24, 2.45) is 0 Å². The molecular formula is C33H35N3O4. The van der Waals surface area contributed by atoms with Crippen LogP contribution in [0, 0.1) is 0 Å². The number of hydrogen-bond acceptors (Lipinski definition) is 5. The number of hydrogen-bond donors (Lipinski definition) is 2. The van der Waals surface area contributed by atoms with E-state index in [0.29, 0.717) is 23.4 Å². The molecule has 0 aliphatic carbocycles. The van der Waals surface area contributed by atoms with Gasteiger partial charge in [0.25, 0.3) is 5.91 Å². The number of rotatable bonds is 4. The van der Waals surface area contributed by atoms with E-state index >= 15 is 0 Å². The molecule has 7 nitrogen and oxygen atoms in total. The van der Waals surface area contributed by atoms with Crippen LogP contribution in [0.1, 0.15) is 61.5 Å². The molecule has 3 heterocycles. The molecule has 0 unspecified atom stereocenters. The molecule has 2 N–H and O–H groups in total. The molecule has 1 fully saturated rings. The summed E-state index contributed by atoms with van der Waals surface area (Å²) in [5.74, 6) is 0.0291. The first-order valence-corrected chi connectivity index (χ1v) is 14.0. The highest BCUT2D eigenvalue weighted by Gasteiger charge is 2.29. The number of benzene rings is 3. The molecule has 2 aliphatic rings. The lowest BCUT2D eigenvalue weighted by molar-refractivity contribution is 0.0547. The SMILES string of the molecule is CC(C)(C)OC(=O)n1c(-c2cc(-c3ccc(O)cc3)cc3c2C(=O)NC3)cc2cc(CN3CCCCC3)ccc21. The predicted octanol–water partition coefficient (Wildman–Crippen LogP) is 6.69. The molecule has 0 spiro atoms. The van der Waals surface area contributed by atoms with E-state index in [-0.39, 0.29) is 11.7 Å². The van der Waals surface area contributed by atoms with E-state index in [0.717, 1.165) is 47.2 Å². The van der Waals surface area contributed by atoms with E-state index in [2.05, 4.69) is 22.3 Å². The fourth-order valence-corrected chi connectivity index (χ4v) is 5.84. The monoisotopic (exact) mass is 537 g/mol. The highest BCUT2D eigenvalue weighted by molar-refractivity contribution is 6.07. The van der Waals surface area contributed by atoms with Crippen LogP contribution in [0.25, 0.3) is 33.3 Å². The van der Waals surface area contributed by atoms with Crippen molar-refractivity contribution in [3.05, 3.63) is 77.4 Å². The second-order valence-corrected chi connectivity index (χ2v) is 11.9. The molecule has 6 rings (SSSR count). The van der Waals surface area contributed by atoms with Gasteiger partial charge >= 0.3 is 6.09 Å². The highest BCUT2D eigenvalue weighted by Crippen LogP contribution is 2.38. The van der Waals surface area contributed by atoms with Gasteiger partial charge in [0.15, 0.2) is 0 Å². The number of carbonyl (C=O) groups is 2. The van der Waals surface area contributed by atoms with Crippen molar-refractivity contribution in [2.45, 2.75) is 58.7 Å². The molecule has 4 aromatic rings. The quantitative estimate of drug-likeness (QED) is 0.303. The minimum atomic E-state index is -0.688. The number of phenols is 1. The van der Waals surface area contributed by atoms with Crippen LogP contribution in [0.3, 0.4) is 0 Å². The zero-order valence-electron chi connectivity index (χ0n) is 23.3. The number of aromatic nitrogens is 1. The topological polar surface area (TPSA) is 83.8 Å². The molecule has 0 atom stereocenters. The lowest BCUT2D eigenvalue weighted by Crippen LogP contribution is -2.29. The van der Waals surface area contributed by atoms with Crippen LogP contribution >= 0.6 is 0 Å². The molecule has 1 saturated heterocycles. The van der Waals surface area contributed by atoms with Crippen molar-refractivity contribution >= 4 is 22.9 Å². The molecule has 7 heteroatoms. The Hall–Kier alpha value is -4.10. The second kappa shape index (κ2) is 10.1. The number of nitrogens with zero attached hydrogens (tertiary/aromatic N) is 2. The Morgan fingerprint density at radius 2 is 1.70 bits per heavy atom. The Morgan fingerprint density at radius 3 is 2.42 bits per heavy atom. The average Bonchev–Trinajstić information content (AvgIpc) is 3.48. The minimum absolute atomic E-state index is 0.158. The van der Waals surface area contributed by atoms with E-state index in [4.69, 9.17) is 4.74 Å².